The number of ether oxygens (including phenoxy) is 3. The lowest BCUT2D eigenvalue weighted by Gasteiger charge is -2.28. The summed E-state index contributed by atoms with van der Waals surface area (Å²) < 4.78 is 16.4. The lowest BCUT2D eigenvalue weighted by molar-refractivity contribution is 0.0731. The Morgan fingerprint density at radius 2 is 1.88 bits per heavy atom. The van der Waals surface area contributed by atoms with Crippen LogP contribution < -0.4 is 20.1 Å². The maximum Gasteiger partial charge on any atom is 0.410 e. The predicted molar refractivity (Wildman–Crippen MR) is 151 cm³/mol. The molecule has 0 bridgehead atoms. The Hall–Kier alpha value is -4.57. The van der Waals surface area contributed by atoms with Gasteiger partial charge in [-0.25, -0.2) is 9.59 Å². The minimum absolute atomic E-state index is 0.175. The van der Waals surface area contributed by atoms with Crippen molar-refractivity contribution in [1.82, 2.24) is 10.2 Å². The summed E-state index contributed by atoms with van der Waals surface area (Å²) in [5.41, 5.74) is 2.80. The van der Waals surface area contributed by atoms with Gasteiger partial charge in [0.25, 0.3) is 5.91 Å². The van der Waals surface area contributed by atoms with Crippen molar-refractivity contribution in [2.24, 2.45) is 0 Å². The molecule has 4 aromatic rings. The molecule has 0 unspecified atom stereocenters. The van der Waals surface area contributed by atoms with Gasteiger partial charge in [0.1, 0.15) is 11.2 Å². The Labute approximate surface area is 234 Å². The molecule has 6 rings (SSSR count). The number of methoxy groups -OCH3 is 1. The van der Waals surface area contributed by atoms with Crippen molar-refractivity contribution in [3.05, 3.63) is 87.8 Å². The van der Waals surface area contributed by atoms with Crippen molar-refractivity contribution in [3.8, 4) is 11.5 Å². The van der Waals surface area contributed by atoms with Crippen molar-refractivity contribution in [3.63, 3.8) is 0 Å². The number of carbonyl (C=O) groups excluding carboxylic acids is 3. The van der Waals surface area contributed by atoms with E-state index < -0.39 is 12.1 Å². The molecule has 0 fully saturated rings. The number of nitrogens with zero attached hydrogens (tertiary/aromatic N) is 1. The molecule has 204 valence electrons. The number of carbonyl (C=O) groups is 3. The molecule has 0 saturated heterocycles. The van der Waals surface area contributed by atoms with Gasteiger partial charge in [-0.2, -0.15) is 0 Å². The molecule has 2 aliphatic rings. The number of esters is 1. The van der Waals surface area contributed by atoms with Crippen LogP contribution in [0.4, 0.5) is 9.80 Å². The largest absolute Gasteiger partial charge is 0.493 e. The average Bonchev–Trinajstić information content (AvgIpc) is 3.35. The summed E-state index contributed by atoms with van der Waals surface area (Å²) in [7, 11) is 1.50. The second kappa shape index (κ2) is 10.5. The lowest BCUT2D eigenvalue weighted by atomic mass is 10.0. The van der Waals surface area contributed by atoms with Crippen LogP contribution in [-0.4, -0.2) is 43.1 Å². The smallest absolute Gasteiger partial charge is 0.410 e. The Morgan fingerprint density at radius 1 is 1.05 bits per heavy atom. The molecule has 1 atom stereocenters. The third kappa shape index (κ3) is 4.60. The van der Waals surface area contributed by atoms with E-state index in [1.807, 2.05) is 36.4 Å². The highest BCUT2D eigenvalue weighted by Gasteiger charge is 2.35. The minimum Gasteiger partial charge on any atom is -0.493 e. The van der Waals surface area contributed by atoms with Crippen LogP contribution in [0.25, 0.3) is 10.8 Å². The third-order valence-electron chi connectivity index (χ3n) is 7.09. The molecule has 0 spiro atoms. The number of amides is 2. The molecular formula is C30H27N3O6S. The van der Waals surface area contributed by atoms with E-state index in [-0.39, 0.29) is 17.7 Å². The molecule has 1 aromatic heterocycles. The molecule has 40 heavy (non-hydrogen) atoms. The molecule has 10 heteroatoms. The van der Waals surface area contributed by atoms with Crippen molar-refractivity contribution < 1.29 is 28.6 Å². The molecule has 3 heterocycles. The quantitative estimate of drug-likeness (QED) is 0.247. The average molecular weight is 558 g/mol. The summed E-state index contributed by atoms with van der Waals surface area (Å²) in [5.74, 6) is -0.0231. The Morgan fingerprint density at radius 3 is 2.70 bits per heavy atom. The first-order chi connectivity index (χ1) is 19.5. The van der Waals surface area contributed by atoms with Gasteiger partial charge in [-0.05, 0) is 53.4 Å². The van der Waals surface area contributed by atoms with Crippen LogP contribution in [0.2, 0.25) is 0 Å². The van der Waals surface area contributed by atoms with E-state index in [1.54, 1.807) is 36.1 Å². The highest BCUT2D eigenvalue weighted by Crippen LogP contribution is 2.41. The number of fused-ring (bicyclic) bond motifs is 4. The zero-order chi connectivity index (χ0) is 27.8. The fraction of sp³-hybridized carbons (Fsp3) is 0.233. The maximum absolute atomic E-state index is 13.2. The second-order valence-corrected chi connectivity index (χ2v) is 10.6. The highest BCUT2D eigenvalue weighted by molar-refractivity contribution is 7.16. The lowest BCUT2D eigenvalue weighted by Crippen LogP contribution is -2.39. The van der Waals surface area contributed by atoms with Crippen LogP contribution in [0.15, 0.2) is 60.7 Å². The van der Waals surface area contributed by atoms with E-state index in [4.69, 9.17) is 14.2 Å². The number of rotatable bonds is 5. The van der Waals surface area contributed by atoms with E-state index in [9.17, 15) is 14.4 Å². The zero-order valence-electron chi connectivity index (χ0n) is 22.0. The fourth-order valence-electron chi connectivity index (χ4n) is 5.16. The van der Waals surface area contributed by atoms with Gasteiger partial charge in [-0.1, -0.05) is 42.5 Å². The summed E-state index contributed by atoms with van der Waals surface area (Å²) in [6.07, 6.45) is -0.272. The van der Waals surface area contributed by atoms with Crippen molar-refractivity contribution in [1.29, 1.82) is 0 Å². The number of anilines is 1. The molecule has 3 aromatic carbocycles. The topological polar surface area (TPSA) is 106 Å². The molecule has 0 aliphatic carbocycles. The Balaban J connectivity index is 1.22. The highest BCUT2D eigenvalue weighted by atomic mass is 32.1. The van der Waals surface area contributed by atoms with Crippen LogP contribution in [-0.2, 0) is 17.7 Å². The zero-order valence-corrected chi connectivity index (χ0v) is 22.8. The summed E-state index contributed by atoms with van der Waals surface area (Å²) in [6.45, 7) is 3.01. The number of thiophene rings is 1. The van der Waals surface area contributed by atoms with Crippen LogP contribution >= 0.6 is 11.3 Å². The minimum atomic E-state index is -0.516. The molecule has 9 nitrogen and oxygen atoms in total. The van der Waals surface area contributed by atoms with Gasteiger partial charge in [0.2, 0.25) is 0 Å². The van der Waals surface area contributed by atoms with E-state index >= 15 is 0 Å². The first kappa shape index (κ1) is 25.7. The second-order valence-electron chi connectivity index (χ2n) is 9.46. The van der Waals surface area contributed by atoms with Crippen LogP contribution in [0.3, 0.4) is 0 Å². The Bertz CT molecular complexity index is 1640. The van der Waals surface area contributed by atoms with Crippen molar-refractivity contribution >= 4 is 45.1 Å². The third-order valence-corrected chi connectivity index (χ3v) is 8.24. The molecule has 0 saturated carbocycles. The molecule has 0 radical (unpaired) electrons. The van der Waals surface area contributed by atoms with Gasteiger partial charge in [-0.3, -0.25) is 4.79 Å². The standard InChI is InChI=1S/C30H27N3O6S/c1-3-38-30(36)33-14-13-21-24(16-33)40-28-25(21)27(34)31-26(32-28)18-11-12-22(23(15-18)37-2)39-29(35)20-10-6-8-17-7-4-5-9-19(17)20/h4-12,15,26,32H,3,13-14,16H2,1-2H3,(H,31,34)/t26-/m0/s1. The molecule has 2 aliphatic heterocycles. The van der Waals surface area contributed by atoms with E-state index in [0.29, 0.717) is 43.0 Å². The van der Waals surface area contributed by atoms with E-state index in [1.165, 1.54) is 18.4 Å². The van der Waals surface area contributed by atoms with Gasteiger partial charge in [0.05, 0.1) is 31.4 Å². The summed E-state index contributed by atoms with van der Waals surface area (Å²) in [6, 6.07) is 18.3. The molecule has 2 N–H and O–H groups in total. The SMILES string of the molecule is CCOC(=O)N1CCc2c(sc3c2C(=O)N[C@H](c2ccc(OC(=O)c4cccc5ccccc45)c(OC)c2)N3)C1. The predicted octanol–water partition coefficient (Wildman–Crippen LogP) is 5.50. The number of hydrogen-bond acceptors (Lipinski definition) is 8. The number of nitrogens with one attached hydrogen (secondary N) is 2. The van der Waals surface area contributed by atoms with Crippen molar-refractivity contribution in [2.45, 2.75) is 26.1 Å². The van der Waals surface area contributed by atoms with E-state index in [2.05, 4.69) is 10.6 Å². The van der Waals surface area contributed by atoms with Gasteiger partial charge in [0.15, 0.2) is 11.5 Å². The molecule has 2 amide bonds. The first-order valence-electron chi connectivity index (χ1n) is 13.0. The van der Waals surface area contributed by atoms with Crippen LogP contribution in [0.5, 0.6) is 11.5 Å². The van der Waals surface area contributed by atoms with Gasteiger partial charge in [-0.15, -0.1) is 11.3 Å². The summed E-state index contributed by atoms with van der Waals surface area (Å²) in [4.78, 5) is 41.1. The number of benzene rings is 3. The maximum atomic E-state index is 13.2. The van der Waals surface area contributed by atoms with Gasteiger partial charge < -0.3 is 29.7 Å². The van der Waals surface area contributed by atoms with E-state index in [0.717, 1.165) is 31.8 Å². The Kier molecular flexibility index (Phi) is 6.77. The molecular weight excluding hydrogens is 530 g/mol. The fourth-order valence-corrected chi connectivity index (χ4v) is 6.45. The van der Waals surface area contributed by atoms with Crippen LogP contribution in [0, 0.1) is 0 Å². The first-order valence-corrected chi connectivity index (χ1v) is 13.8. The van der Waals surface area contributed by atoms with Crippen LogP contribution in [0.1, 0.15) is 49.8 Å². The van der Waals surface area contributed by atoms with Gasteiger partial charge in [0, 0.05) is 11.4 Å². The van der Waals surface area contributed by atoms with Crippen molar-refractivity contribution in [2.75, 3.05) is 25.6 Å². The normalized spacial score (nSPS) is 15.9. The summed E-state index contributed by atoms with van der Waals surface area (Å²) >= 11 is 1.48. The summed E-state index contributed by atoms with van der Waals surface area (Å²) in [5, 5.41) is 8.95. The number of hydrogen-bond donors (Lipinski definition) is 2. The van der Waals surface area contributed by atoms with Gasteiger partial charge >= 0.3 is 12.1 Å². The monoisotopic (exact) mass is 557 g/mol.